The zero-order valence-electron chi connectivity index (χ0n) is 20.1. The summed E-state index contributed by atoms with van der Waals surface area (Å²) in [4.78, 5) is 31.2. The van der Waals surface area contributed by atoms with Crippen LogP contribution in [-0.2, 0) is 16.0 Å². The third-order valence-corrected chi connectivity index (χ3v) is 7.12. The van der Waals surface area contributed by atoms with Crippen molar-refractivity contribution in [1.82, 2.24) is 9.80 Å². The molecule has 0 unspecified atom stereocenters. The number of thiophene rings is 1. The van der Waals surface area contributed by atoms with Gasteiger partial charge < -0.3 is 14.5 Å². The lowest BCUT2D eigenvalue weighted by Gasteiger charge is -2.37. The Morgan fingerprint density at radius 3 is 2.61 bits per heavy atom. The van der Waals surface area contributed by atoms with Crippen LogP contribution in [0.2, 0.25) is 0 Å². The molecule has 0 bridgehead atoms. The fraction of sp³-hybridized carbons (Fsp3) is 0.538. The van der Waals surface area contributed by atoms with Crippen LogP contribution in [0, 0.1) is 17.7 Å². The average Bonchev–Trinajstić information content (AvgIpc) is 3.26. The molecule has 0 saturated carbocycles. The largest absolute Gasteiger partial charge is 0.491 e. The number of hydrogen-bond acceptors (Lipinski definition) is 4. The van der Waals surface area contributed by atoms with Crippen LogP contribution in [0.25, 0.3) is 0 Å². The number of ether oxygens (including phenoxy) is 1. The van der Waals surface area contributed by atoms with Crippen molar-refractivity contribution in [2.24, 2.45) is 11.8 Å². The second kappa shape index (κ2) is 11.6. The summed E-state index contributed by atoms with van der Waals surface area (Å²) in [6.45, 7) is 9.80. The molecule has 0 aliphatic carbocycles. The Morgan fingerprint density at radius 2 is 1.94 bits per heavy atom. The summed E-state index contributed by atoms with van der Waals surface area (Å²) >= 11 is 1.70. The van der Waals surface area contributed by atoms with Gasteiger partial charge in [-0.3, -0.25) is 9.59 Å². The third-order valence-electron chi connectivity index (χ3n) is 6.13. The Balaban J connectivity index is 1.76. The number of fused-ring (bicyclic) bond motifs is 1. The highest BCUT2D eigenvalue weighted by Gasteiger charge is 2.33. The highest BCUT2D eigenvalue weighted by molar-refractivity contribution is 7.10. The minimum Gasteiger partial charge on any atom is -0.491 e. The molecule has 0 radical (unpaired) electrons. The molecule has 5 nitrogen and oxygen atoms in total. The van der Waals surface area contributed by atoms with Gasteiger partial charge in [0, 0.05) is 24.4 Å². The molecule has 2 heterocycles. The van der Waals surface area contributed by atoms with Crippen molar-refractivity contribution in [2.45, 2.75) is 53.0 Å². The average molecular weight is 475 g/mol. The topological polar surface area (TPSA) is 49.9 Å². The summed E-state index contributed by atoms with van der Waals surface area (Å²) < 4.78 is 19.2. The molecule has 1 aromatic heterocycles. The van der Waals surface area contributed by atoms with Crippen LogP contribution in [0.15, 0.2) is 35.7 Å². The van der Waals surface area contributed by atoms with Gasteiger partial charge in [0.2, 0.25) is 11.8 Å². The molecule has 0 N–H and O–H groups in total. The highest BCUT2D eigenvalue weighted by Crippen LogP contribution is 2.34. The smallest absolute Gasteiger partial charge is 0.242 e. The van der Waals surface area contributed by atoms with Crippen LogP contribution in [-0.4, -0.2) is 47.9 Å². The van der Waals surface area contributed by atoms with Crippen molar-refractivity contribution < 1.29 is 18.7 Å². The summed E-state index contributed by atoms with van der Waals surface area (Å²) in [6.07, 6.45) is 2.20. The maximum atomic E-state index is 13.5. The molecular formula is C26H35FN2O3S. The number of rotatable bonds is 10. The van der Waals surface area contributed by atoms with Crippen molar-refractivity contribution in [1.29, 1.82) is 0 Å². The predicted molar refractivity (Wildman–Crippen MR) is 130 cm³/mol. The first-order valence-electron chi connectivity index (χ1n) is 11.8. The van der Waals surface area contributed by atoms with E-state index in [4.69, 9.17) is 4.74 Å². The van der Waals surface area contributed by atoms with Gasteiger partial charge in [-0.15, -0.1) is 11.3 Å². The lowest BCUT2D eigenvalue weighted by atomic mass is 10.00. The molecule has 7 heteroatoms. The first-order chi connectivity index (χ1) is 15.8. The molecule has 2 amide bonds. The molecule has 2 atom stereocenters. The van der Waals surface area contributed by atoms with Crippen molar-refractivity contribution >= 4 is 23.2 Å². The Bertz CT molecular complexity index is 928. The van der Waals surface area contributed by atoms with Crippen LogP contribution in [0.1, 0.15) is 57.0 Å². The Morgan fingerprint density at radius 1 is 1.21 bits per heavy atom. The SMILES string of the molecule is CC[C@H](C)CN(CC(=O)N1CCc2sccc2[C@H]1COc1ccc(F)cc1)C(=O)CC(C)C. The lowest BCUT2D eigenvalue weighted by molar-refractivity contribution is -0.143. The highest BCUT2D eigenvalue weighted by atomic mass is 32.1. The molecule has 0 saturated heterocycles. The summed E-state index contributed by atoms with van der Waals surface area (Å²) in [5.74, 6) is 0.801. The van der Waals surface area contributed by atoms with E-state index in [-0.39, 0.29) is 42.7 Å². The summed E-state index contributed by atoms with van der Waals surface area (Å²) in [7, 11) is 0. The number of nitrogens with zero attached hydrogens (tertiary/aromatic N) is 2. The van der Waals surface area contributed by atoms with Crippen LogP contribution in [0.5, 0.6) is 5.75 Å². The Hall–Kier alpha value is -2.41. The zero-order valence-corrected chi connectivity index (χ0v) is 20.9. The molecule has 0 spiro atoms. The predicted octanol–water partition coefficient (Wildman–Crippen LogP) is 5.31. The van der Waals surface area contributed by atoms with Gasteiger partial charge in [-0.25, -0.2) is 4.39 Å². The second-order valence-electron chi connectivity index (χ2n) is 9.30. The van der Waals surface area contributed by atoms with Crippen molar-refractivity contribution in [3.63, 3.8) is 0 Å². The number of amides is 2. The maximum absolute atomic E-state index is 13.5. The van der Waals surface area contributed by atoms with E-state index in [1.165, 1.54) is 17.0 Å². The van der Waals surface area contributed by atoms with Crippen molar-refractivity contribution in [2.75, 3.05) is 26.2 Å². The standard InChI is InChI=1S/C26H35FN2O3S/c1-5-19(4)15-28(25(30)14-18(2)3)16-26(31)29-12-10-24-22(11-13-33-24)23(29)17-32-21-8-6-20(27)7-9-21/h6-9,11,13,18-19,23H,5,10,12,14-17H2,1-4H3/t19-,23+/m0/s1. The summed E-state index contributed by atoms with van der Waals surface area (Å²) in [5, 5.41) is 2.05. The van der Waals surface area contributed by atoms with Crippen LogP contribution < -0.4 is 4.74 Å². The molecule has 1 aromatic carbocycles. The van der Waals surface area contributed by atoms with Crippen LogP contribution in [0.4, 0.5) is 4.39 Å². The third kappa shape index (κ3) is 6.79. The van der Waals surface area contributed by atoms with E-state index in [1.807, 2.05) is 24.1 Å². The van der Waals surface area contributed by atoms with Crippen molar-refractivity contribution in [3.05, 3.63) is 52.0 Å². The van der Waals surface area contributed by atoms with Crippen LogP contribution >= 0.6 is 11.3 Å². The van der Waals surface area contributed by atoms with Gasteiger partial charge in [-0.2, -0.15) is 0 Å². The quantitative estimate of drug-likeness (QED) is 0.469. The number of hydrogen-bond donors (Lipinski definition) is 0. The number of carbonyl (C=O) groups is 2. The maximum Gasteiger partial charge on any atom is 0.242 e. The summed E-state index contributed by atoms with van der Waals surface area (Å²) in [6, 6.07) is 7.74. The number of halogens is 1. The van der Waals surface area contributed by atoms with E-state index in [0.717, 1.165) is 18.4 Å². The van der Waals surface area contributed by atoms with Gasteiger partial charge >= 0.3 is 0 Å². The Labute approximate surface area is 200 Å². The molecule has 1 aliphatic rings. The molecule has 2 aromatic rings. The van der Waals surface area contributed by atoms with Crippen LogP contribution in [0.3, 0.4) is 0 Å². The summed E-state index contributed by atoms with van der Waals surface area (Å²) in [5.41, 5.74) is 1.10. The van der Waals surface area contributed by atoms with Gasteiger partial charge in [-0.05, 0) is 59.5 Å². The van der Waals surface area contributed by atoms with E-state index in [2.05, 4.69) is 19.9 Å². The molecular weight excluding hydrogens is 439 g/mol. The van der Waals surface area contributed by atoms with E-state index in [0.29, 0.717) is 31.2 Å². The van der Waals surface area contributed by atoms with Gasteiger partial charge in [-0.1, -0.05) is 34.1 Å². The fourth-order valence-electron chi connectivity index (χ4n) is 4.07. The minimum absolute atomic E-state index is 0.0333. The normalized spacial score (nSPS) is 16.4. The molecule has 180 valence electrons. The monoisotopic (exact) mass is 474 g/mol. The number of carbonyl (C=O) groups excluding carboxylic acids is 2. The molecule has 33 heavy (non-hydrogen) atoms. The zero-order chi connectivity index (χ0) is 24.0. The van der Waals surface area contributed by atoms with E-state index in [9.17, 15) is 14.0 Å². The van der Waals surface area contributed by atoms with Gasteiger partial charge in [0.1, 0.15) is 18.2 Å². The van der Waals surface area contributed by atoms with E-state index >= 15 is 0 Å². The molecule has 1 aliphatic heterocycles. The number of benzene rings is 1. The second-order valence-corrected chi connectivity index (χ2v) is 10.3. The fourth-order valence-corrected chi connectivity index (χ4v) is 5.00. The van der Waals surface area contributed by atoms with Gasteiger partial charge in [0.15, 0.2) is 0 Å². The van der Waals surface area contributed by atoms with E-state index < -0.39 is 0 Å². The van der Waals surface area contributed by atoms with Gasteiger partial charge in [0.25, 0.3) is 0 Å². The first kappa shape index (κ1) is 25.2. The molecule has 0 fully saturated rings. The molecule has 3 rings (SSSR count). The minimum atomic E-state index is -0.315. The van der Waals surface area contributed by atoms with Crippen molar-refractivity contribution in [3.8, 4) is 5.75 Å². The lowest BCUT2D eigenvalue weighted by Crippen LogP contribution is -2.48. The van der Waals surface area contributed by atoms with Gasteiger partial charge in [0.05, 0.1) is 12.6 Å². The van der Waals surface area contributed by atoms with E-state index in [1.54, 1.807) is 28.4 Å². The first-order valence-corrected chi connectivity index (χ1v) is 12.7. The Kier molecular flexibility index (Phi) is 8.89.